The van der Waals surface area contributed by atoms with Gasteiger partial charge in [0.2, 0.25) is 0 Å². The molecule has 0 saturated heterocycles. The highest BCUT2D eigenvalue weighted by Gasteiger charge is 2.21. The second-order valence-electron chi connectivity index (χ2n) is 4.98. The average molecular weight is 269 g/mol. The van der Waals surface area contributed by atoms with E-state index in [1.165, 1.54) is 16.7 Å². The van der Waals surface area contributed by atoms with Gasteiger partial charge in [-0.3, -0.25) is 0 Å². The van der Waals surface area contributed by atoms with Gasteiger partial charge < -0.3 is 14.8 Å². The largest absolute Gasteiger partial charge is 0.497 e. The van der Waals surface area contributed by atoms with E-state index in [4.69, 9.17) is 9.47 Å². The first-order valence-corrected chi connectivity index (χ1v) is 6.86. The molecule has 2 aromatic carbocycles. The van der Waals surface area contributed by atoms with Crippen molar-refractivity contribution in [2.45, 2.75) is 12.5 Å². The molecule has 1 heterocycles. The van der Waals surface area contributed by atoms with Crippen LogP contribution in [0.3, 0.4) is 0 Å². The zero-order chi connectivity index (χ0) is 13.9. The van der Waals surface area contributed by atoms with Gasteiger partial charge in [-0.1, -0.05) is 24.3 Å². The maximum Gasteiger partial charge on any atom is 0.122 e. The summed E-state index contributed by atoms with van der Waals surface area (Å²) in [5.74, 6) is 1.65. The van der Waals surface area contributed by atoms with E-state index < -0.39 is 0 Å². The van der Waals surface area contributed by atoms with Crippen LogP contribution in [-0.4, -0.2) is 20.8 Å². The van der Waals surface area contributed by atoms with E-state index in [9.17, 15) is 0 Å². The number of hydrogen-bond acceptors (Lipinski definition) is 3. The molecule has 1 unspecified atom stereocenters. The highest BCUT2D eigenvalue weighted by molar-refractivity contribution is 5.45. The van der Waals surface area contributed by atoms with Gasteiger partial charge in [0.25, 0.3) is 0 Å². The van der Waals surface area contributed by atoms with E-state index in [-0.39, 0.29) is 6.04 Å². The SMILES string of the molecule is COc1cc(OC)cc(C2NCCc3ccccc32)c1. The van der Waals surface area contributed by atoms with Crippen LogP contribution in [0, 0.1) is 0 Å². The van der Waals surface area contributed by atoms with Crippen LogP contribution in [-0.2, 0) is 6.42 Å². The predicted octanol–water partition coefficient (Wildman–Crippen LogP) is 2.94. The molecule has 3 heteroatoms. The highest BCUT2D eigenvalue weighted by atomic mass is 16.5. The highest BCUT2D eigenvalue weighted by Crippen LogP contribution is 2.33. The van der Waals surface area contributed by atoms with Crippen LogP contribution in [0.4, 0.5) is 0 Å². The van der Waals surface area contributed by atoms with Crippen molar-refractivity contribution in [3.63, 3.8) is 0 Å². The molecule has 0 saturated carbocycles. The van der Waals surface area contributed by atoms with E-state index in [2.05, 4.69) is 41.7 Å². The molecule has 1 N–H and O–H groups in total. The minimum Gasteiger partial charge on any atom is -0.497 e. The van der Waals surface area contributed by atoms with E-state index in [1.807, 2.05) is 6.07 Å². The fourth-order valence-electron chi connectivity index (χ4n) is 2.80. The first-order valence-electron chi connectivity index (χ1n) is 6.86. The molecule has 3 nitrogen and oxygen atoms in total. The standard InChI is InChI=1S/C17H19NO2/c1-19-14-9-13(10-15(11-14)20-2)17-16-6-4-3-5-12(16)7-8-18-17/h3-6,9-11,17-18H,7-8H2,1-2H3. The molecule has 0 fully saturated rings. The number of rotatable bonds is 3. The molecule has 0 aromatic heterocycles. The Bertz CT molecular complexity index is 587. The van der Waals surface area contributed by atoms with Gasteiger partial charge in [-0.2, -0.15) is 0 Å². The smallest absolute Gasteiger partial charge is 0.122 e. The average Bonchev–Trinajstić information content (AvgIpc) is 2.53. The molecule has 1 atom stereocenters. The van der Waals surface area contributed by atoms with Crippen LogP contribution < -0.4 is 14.8 Å². The van der Waals surface area contributed by atoms with Gasteiger partial charge in [0.1, 0.15) is 11.5 Å². The Morgan fingerprint density at radius 3 is 2.40 bits per heavy atom. The van der Waals surface area contributed by atoms with E-state index in [0.717, 1.165) is 24.5 Å². The lowest BCUT2D eigenvalue weighted by Crippen LogP contribution is -2.30. The van der Waals surface area contributed by atoms with Gasteiger partial charge in [-0.05, 0) is 35.2 Å². The third-order valence-electron chi connectivity index (χ3n) is 3.82. The Labute approximate surface area is 119 Å². The van der Waals surface area contributed by atoms with E-state index >= 15 is 0 Å². The summed E-state index contributed by atoms with van der Waals surface area (Å²) in [6, 6.07) is 14.8. The molecular weight excluding hydrogens is 250 g/mol. The fraction of sp³-hybridized carbons (Fsp3) is 0.294. The summed E-state index contributed by atoms with van der Waals surface area (Å²) in [7, 11) is 3.36. The molecular formula is C17H19NO2. The monoisotopic (exact) mass is 269 g/mol. The summed E-state index contributed by atoms with van der Waals surface area (Å²) in [4.78, 5) is 0. The summed E-state index contributed by atoms with van der Waals surface area (Å²) in [6.07, 6.45) is 1.08. The van der Waals surface area contributed by atoms with Crippen LogP contribution in [0.1, 0.15) is 22.7 Å². The van der Waals surface area contributed by atoms with Gasteiger partial charge in [0.15, 0.2) is 0 Å². The van der Waals surface area contributed by atoms with Crippen molar-refractivity contribution < 1.29 is 9.47 Å². The van der Waals surface area contributed by atoms with E-state index in [1.54, 1.807) is 14.2 Å². The fourth-order valence-corrected chi connectivity index (χ4v) is 2.80. The molecule has 1 aliphatic heterocycles. The maximum atomic E-state index is 5.37. The Kier molecular flexibility index (Phi) is 3.61. The van der Waals surface area contributed by atoms with Gasteiger partial charge in [-0.15, -0.1) is 0 Å². The third-order valence-corrected chi connectivity index (χ3v) is 3.82. The molecule has 0 spiro atoms. The molecule has 104 valence electrons. The zero-order valence-corrected chi connectivity index (χ0v) is 11.8. The van der Waals surface area contributed by atoms with Crippen molar-refractivity contribution in [1.29, 1.82) is 0 Å². The second kappa shape index (κ2) is 5.55. The normalized spacial score (nSPS) is 17.4. The lowest BCUT2D eigenvalue weighted by Gasteiger charge is -2.27. The van der Waals surface area contributed by atoms with Crippen molar-refractivity contribution in [3.05, 3.63) is 59.2 Å². The number of methoxy groups -OCH3 is 2. The molecule has 0 bridgehead atoms. The van der Waals surface area contributed by atoms with Gasteiger partial charge >= 0.3 is 0 Å². The van der Waals surface area contributed by atoms with E-state index in [0.29, 0.717) is 0 Å². The Morgan fingerprint density at radius 2 is 1.70 bits per heavy atom. The number of nitrogens with one attached hydrogen (secondary N) is 1. The lowest BCUT2D eigenvalue weighted by molar-refractivity contribution is 0.392. The van der Waals surface area contributed by atoms with Crippen LogP contribution in [0.2, 0.25) is 0 Å². The van der Waals surface area contributed by atoms with Gasteiger partial charge in [0.05, 0.1) is 20.3 Å². The maximum absolute atomic E-state index is 5.37. The van der Waals surface area contributed by atoms with Crippen LogP contribution in [0.5, 0.6) is 11.5 Å². The molecule has 3 rings (SSSR count). The summed E-state index contributed by atoms with van der Waals surface area (Å²) in [5.41, 5.74) is 3.93. The van der Waals surface area contributed by atoms with Gasteiger partial charge in [-0.25, -0.2) is 0 Å². The number of hydrogen-bond donors (Lipinski definition) is 1. The summed E-state index contributed by atoms with van der Waals surface area (Å²) in [5, 5.41) is 3.58. The lowest BCUT2D eigenvalue weighted by atomic mass is 9.90. The number of ether oxygens (including phenoxy) is 2. The molecule has 0 radical (unpaired) electrons. The first-order chi connectivity index (χ1) is 9.81. The summed E-state index contributed by atoms with van der Waals surface area (Å²) in [6.45, 7) is 0.987. The molecule has 20 heavy (non-hydrogen) atoms. The van der Waals surface area contributed by atoms with Crippen molar-refractivity contribution in [2.75, 3.05) is 20.8 Å². The minimum atomic E-state index is 0.198. The quantitative estimate of drug-likeness (QED) is 0.929. The first kappa shape index (κ1) is 13.0. The number of fused-ring (bicyclic) bond motifs is 1. The zero-order valence-electron chi connectivity index (χ0n) is 11.8. The Hall–Kier alpha value is -2.00. The van der Waals surface area contributed by atoms with Crippen LogP contribution in [0.15, 0.2) is 42.5 Å². The van der Waals surface area contributed by atoms with Crippen molar-refractivity contribution in [1.82, 2.24) is 5.32 Å². The van der Waals surface area contributed by atoms with Crippen molar-refractivity contribution >= 4 is 0 Å². The minimum absolute atomic E-state index is 0.198. The third kappa shape index (κ3) is 2.37. The molecule has 2 aromatic rings. The van der Waals surface area contributed by atoms with Crippen molar-refractivity contribution in [2.24, 2.45) is 0 Å². The van der Waals surface area contributed by atoms with Crippen LogP contribution >= 0.6 is 0 Å². The summed E-state index contributed by atoms with van der Waals surface area (Å²) >= 11 is 0. The van der Waals surface area contributed by atoms with Crippen LogP contribution in [0.25, 0.3) is 0 Å². The second-order valence-corrected chi connectivity index (χ2v) is 4.98. The Balaban J connectivity index is 2.05. The molecule has 1 aliphatic rings. The number of benzene rings is 2. The Morgan fingerprint density at radius 1 is 1.00 bits per heavy atom. The van der Waals surface area contributed by atoms with Gasteiger partial charge in [0, 0.05) is 12.6 Å². The predicted molar refractivity (Wildman–Crippen MR) is 79.5 cm³/mol. The topological polar surface area (TPSA) is 30.5 Å². The molecule has 0 aliphatic carbocycles. The van der Waals surface area contributed by atoms with Crippen molar-refractivity contribution in [3.8, 4) is 11.5 Å². The summed E-state index contributed by atoms with van der Waals surface area (Å²) < 4.78 is 10.7. The molecule has 0 amide bonds.